The van der Waals surface area contributed by atoms with Gasteiger partial charge in [0.25, 0.3) is 0 Å². The van der Waals surface area contributed by atoms with Gasteiger partial charge in [-0.15, -0.1) is 11.3 Å². The van der Waals surface area contributed by atoms with Crippen molar-refractivity contribution in [3.8, 4) is 0 Å². The molecule has 88 valence electrons. The summed E-state index contributed by atoms with van der Waals surface area (Å²) in [6.45, 7) is 4.17. The van der Waals surface area contributed by atoms with E-state index < -0.39 is 0 Å². The Labute approximate surface area is 101 Å². The minimum atomic E-state index is -0.151. The van der Waals surface area contributed by atoms with Crippen LogP contribution in [0.25, 0.3) is 0 Å². The van der Waals surface area contributed by atoms with Crippen molar-refractivity contribution in [1.82, 2.24) is 0 Å². The van der Waals surface area contributed by atoms with Crippen LogP contribution >= 0.6 is 11.3 Å². The van der Waals surface area contributed by atoms with Crippen LogP contribution in [0.4, 0.5) is 0 Å². The van der Waals surface area contributed by atoms with Crippen molar-refractivity contribution in [2.75, 3.05) is 0 Å². The van der Waals surface area contributed by atoms with Crippen molar-refractivity contribution < 1.29 is 9.53 Å². The predicted octanol–water partition coefficient (Wildman–Crippen LogP) is 2.99. The molecule has 16 heavy (non-hydrogen) atoms. The number of ketones is 1. The van der Waals surface area contributed by atoms with Gasteiger partial charge < -0.3 is 4.74 Å². The molecule has 3 heteroatoms. The first-order valence-electron chi connectivity index (χ1n) is 5.94. The molecule has 0 aromatic carbocycles. The van der Waals surface area contributed by atoms with E-state index in [0.717, 1.165) is 19.3 Å². The smallest absolute Gasteiger partial charge is 0.166 e. The van der Waals surface area contributed by atoms with E-state index in [1.54, 1.807) is 11.3 Å². The summed E-state index contributed by atoms with van der Waals surface area (Å²) in [7, 11) is 0. The fraction of sp³-hybridized carbons (Fsp3) is 0.615. The second-order valence-corrected chi connectivity index (χ2v) is 5.63. The maximum atomic E-state index is 11.9. The van der Waals surface area contributed by atoms with Crippen LogP contribution in [0.5, 0.6) is 0 Å². The molecule has 1 aromatic heterocycles. The molecule has 0 amide bonds. The van der Waals surface area contributed by atoms with E-state index in [9.17, 15) is 4.79 Å². The van der Waals surface area contributed by atoms with Crippen LogP contribution in [0.1, 0.15) is 36.4 Å². The highest BCUT2D eigenvalue weighted by Gasteiger charge is 2.27. The minimum Gasteiger partial charge on any atom is -0.367 e. The standard InChI is InChI=1S/C13H18O2S/c1-3-10-5-6-11(16-10)8-12(14)13-7-4-9(2)15-13/h5-6,9,13H,3-4,7-8H2,1-2H3. The summed E-state index contributed by atoms with van der Waals surface area (Å²) < 4.78 is 5.58. The Morgan fingerprint density at radius 2 is 2.19 bits per heavy atom. The molecule has 0 bridgehead atoms. The summed E-state index contributed by atoms with van der Waals surface area (Å²) in [6, 6.07) is 4.19. The normalized spacial score (nSPS) is 24.9. The Kier molecular flexibility index (Phi) is 3.77. The number of hydrogen-bond donors (Lipinski definition) is 0. The quantitative estimate of drug-likeness (QED) is 0.806. The van der Waals surface area contributed by atoms with Gasteiger partial charge >= 0.3 is 0 Å². The highest BCUT2D eigenvalue weighted by molar-refractivity contribution is 7.12. The topological polar surface area (TPSA) is 26.3 Å². The summed E-state index contributed by atoms with van der Waals surface area (Å²) in [5, 5.41) is 0. The van der Waals surface area contributed by atoms with Crippen molar-refractivity contribution in [2.24, 2.45) is 0 Å². The van der Waals surface area contributed by atoms with Gasteiger partial charge in [0.1, 0.15) is 6.10 Å². The summed E-state index contributed by atoms with van der Waals surface area (Å²) in [5.74, 6) is 0.244. The fourth-order valence-corrected chi connectivity index (χ4v) is 3.00. The average Bonchev–Trinajstić information content (AvgIpc) is 2.87. The summed E-state index contributed by atoms with van der Waals surface area (Å²) >= 11 is 1.74. The Balaban J connectivity index is 1.91. The van der Waals surface area contributed by atoms with Gasteiger partial charge in [-0.25, -0.2) is 0 Å². The highest BCUT2D eigenvalue weighted by Crippen LogP contribution is 2.23. The molecule has 0 aliphatic carbocycles. The monoisotopic (exact) mass is 238 g/mol. The molecule has 1 aromatic rings. The molecule has 0 spiro atoms. The lowest BCUT2D eigenvalue weighted by atomic mass is 10.1. The molecule has 1 fully saturated rings. The van der Waals surface area contributed by atoms with Gasteiger partial charge in [0, 0.05) is 16.2 Å². The number of ether oxygens (including phenoxy) is 1. The van der Waals surface area contributed by atoms with Gasteiger partial charge in [-0.2, -0.15) is 0 Å². The predicted molar refractivity (Wildman–Crippen MR) is 66.0 cm³/mol. The largest absolute Gasteiger partial charge is 0.367 e. The zero-order chi connectivity index (χ0) is 11.5. The summed E-state index contributed by atoms with van der Waals surface area (Å²) in [5.41, 5.74) is 0. The van der Waals surface area contributed by atoms with E-state index in [1.807, 2.05) is 6.92 Å². The molecule has 1 aliphatic rings. The Hall–Kier alpha value is -0.670. The van der Waals surface area contributed by atoms with Gasteiger partial charge in [-0.05, 0) is 38.3 Å². The third-order valence-electron chi connectivity index (χ3n) is 3.01. The van der Waals surface area contributed by atoms with Crippen molar-refractivity contribution in [3.05, 3.63) is 21.9 Å². The van der Waals surface area contributed by atoms with Gasteiger partial charge in [0.15, 0.2) is 5.78 Å². The minimum absolute atomic E-state index is 0.151. The zero-order valence-electron chi connectivity index (χ0n) is 9.86. The van der Waals surface area contributed by atoms with Crippen LogP contribution in [0.3, 0.4) is 0 Å². The number of Topliss-reactive ketones (excluding diaryl/α,β-unsaturated/α-hetero) is 1. The average molecular weight is 238 g/mol. The molecular formula is C13H18O2S. The maximum absolute atomic E-state index is 11.9. The SMILES string of the molecule is CCc1ccc(CC(=O)C2CCC(C)O2)s1. The second kappa shape index (κ2) is 5.11. The molecule has 1 saturated heterocycles. The maximum Gasteiger partial charge on any atom is 0.166 e. The van der Waals surface area contributed by atoms with E-state index in [0.29, 0.717) is 6.42 Å². The lowest BCUT2D eigenvalue weighted by Crippen LogP contribution is -2.22. The number of carbonyl (C=O) groups is 1. The van der Waals surface area contributed by atoms with Crippen molar-refractivity contribution in [2.45, 2.75) is 51.7 Å². The first-order chi connectivity index (χ1) is 7.69. The van der Waals surface area contributed by atoms with Crippen LogP contribution in [0.15, 0.2) is 12.1 Å². The number of aryl methyl sites for hydroxylation is 1. The summed E-state index contributed by atoms with van der Waals surface area (Å²) in [6.07, 6.45) is 3.61. The van der Waals surface area contributed by atoms with E-state index >= 15 is 0 Å². The Bertz CT molecular complexity index is 370. The third kappa shape index (κ3) is 2.71. The van der Waals surface area contributed by atoms with Gasteiger partial charge in [-0.1, -0.05) is 6.92 Å². The van der Waals surface area contributed by atoms with E-state index in [1.165, 1.54) is 9.75 Å². The molecule has 1 aliphatic heterocycles. The molecule has 2 atom stereocenters. The first kappa shape index (κ1) is 11.8. The lowest BCUT2D eigenvalue weighted by molar-refractivity contribution is -0.128. The molecule has 2 rings (SSSR count). The molecule has 0 N–H and O–H groups in total. The third-order valence-corrected chi connectivity index (χ3v) is 4.23. The second-order valence-electron chi connectivity index (χ2n) is 4.38. The van der Waals surface area contributed by atoms with Gasteiger partial charge in [0.05, 0.1) is 6.10 Å². The molecule has 0 radical (unpaired) electrons. The molecular weight excluding hydrogens is 220 g/mol. The summed E-state index contributed by atoms with van der Waals surface area (Å²) in [4.78, 5) is 14.5. The van der Waals surface area contributed by atoms with Crippen LogP contribution in [0, 0.1) is 0 Å². The zero-order valence-corrected chi connectivity index (χ0v) is 10.7. The van der Waals surface area contributed by atoms with Gasteiger partial charge in [0.2, 0.25) is 0 Å². The van der Waals surface area contributed by atoms with Crippen LogP contribution < -0.4 is 0 Å². The van der Waals surface area contributed by atoms with E-state index in [-0.39, 0.29) is 18.0 Å². The number of thiophene rings is 1. The van der Waals surface area contributed by atoms with Crippen molar-refractivity contribution in [3.63, 3.8) is 0 Å². The van der Waals surface area contributed by atoms with E-state index in [4.69, 9.17) is 4.74 Å². The van der Waals surface area contributed by atoms with Crippen LogP contribution in [-0.2, 0) is 22.4 Å². The molecule has 2 unspecified atom stereocenters. The number of carbonyl (C=O) groups excluding carboxylic acids is 1. The van der Waals surface area contributed by atoms with Gasteiger partial charge in [-0.3, -0.25) is 4.79 Å². The molecule has 2 nitrogen and oxygen atoms in total. The number of hydrogen-bond acceptors (Lipinski definition) is 3. The van der Waals surface area contributed by atoms with Crippen LogP contribution in [-0.4, -0.2) is 18.0 Å². The fourth-order valence-electron chi connectivity index (χ4n) is 2.03. The van der Waals surface area contributed by atoms with Crippen molar-refractivity contribution in [1.29, 1.82) is 0 Å². The van der Waals surface area contributed by atoms with Crippen LogP contribution in [0.2, 0.25) is 0 Å². The Morgan fingerprint density at radius 3 is 2.75 bits per heavy atom. The number of rotatable bonds is 4. The van der Waals surface area contributed by atoms with E-state index in [2.05, 4.69) is 19.1 Å². The Morgan fingerprint density at radius 1 is 1.44 bits per heavy atom. The highest BCUT2D eigenvalue weighted by atomic mass is 32.1. The lowest BCUT2D eigenvalue weighted by Gasteiger charge is -2.08. The van der Waals surface area contributed by atoms with Crippen molar-refractivity contribution >= 4 is 17.1 Å². The molecule has 0 saturated carbocycles. The first-order valence-corrected chi connectivity index (χ1v) is 6.76. The molecule has 2 heterocycles.